The van der Waals surface area contributed by atoms with Crippen LogP contribution in [0.5, 0.6) is 0 Å². The van der Waals surface area contributed by atoms with Crippen molar-refractivity contribution < 1.29 is 23.8 Å². The molecule has 1 aromatic heterocycles. The van der Waals surface area contributed by atoms with Crippen molar-refractivity contribution in [3.05, 3.63) is 48.5 Å². The highest BCUT2D eigenvalue weighted by Crippen LogP contribution is 2.57. The fourth-order valence-corrected chi connectivity index (χ4v) is 4.88. The highest BCUT2D eigenvalue weighted by molar-refractivity contribution is 5.96. The SMILES string of the molecule is C=C1CCC2C(=C)C(OC(C)=O)C(O)CC2(C)C1CC(=O)c1ccoc1. The average Bonchev–Trinajstić information content (AvgIpc) is 3.09. The van der Waals surface area contributed by atoms with Crippen LogP contribution in [0.25, 0.3) is 0 Å². The zero-order valence-corrected chi connectivity index (χ0v) is 15.4. The van der Waals surface area contributed by atoms with Gasteiger partial charge in [0.2, 0.25) is 0 Å². The van der Waals surface area contributed by atoms with Gasteiger partial charge in [-0.25, -0.2) is 0 Å². The van der Waals surface area contributed by atoms with Gasteiger partial charge in [0, 0.05) is 13.3 Å². The second-order valence-electron chi connectivity index (χ2n) is 7.82. The molecule has 2 aliphatic carbocycles. The largest absolute Gasteiger partial charge is 0.472 e. The van der Waals surface area contributed by atoms with E-state index in [0.717, 1.165) is 24.0 Å². The standard InChI is InChI=1S/C21H26O5/c1-12-5-6-16-13(2)20(26-14(3)22)19(24)10-21(16,4)17(12)9-18(23)15-7-8-25-11-15/h7-8,11,16-17,19-20,24H,1-2,5-6,9-10H2,3-4H3. The van der Waals surface area contributed by atoms with Crippen LogP contribution < -0.4 is 0 Å². The predicted molar refractivity (Wildman–Crippen MR) is 96.4 cm³/mol. The van der Waals surface area contributed by atoms with E-state index in [4.69, 9.17) is 9.15 Å². The van der Waals surface area contributed by atoms with Crippen LogP contribution in [0.3, 0.4) is 0 Å². The first kappa shape index (κ1) is 18.6. The third kappa shape index (κ3) is 3.16. The van der Waals surface area contributed by atoms with Crippen LogP contribution in [-0.4, -0.2) is 29.1 Å². The monoisotopic (exact) mass is 358 g/mol. The predicted octanol–water partition coefficient (Wildman–Crippen LogP) is 3.69. The van der Waals surface area contributed by atoms with Crippen LogP contribution in [0, 0.1) is 17.3 Å². The van der Waals surface area contributed by atoms with Crippen molar-refractivity contribution in [2.45, 2.75) is 51.7 Å². The number of hydrogen-bond donors (Lipinski definition) is 1. The Morgan fingerprint density at radius 3 is 2.77 bits per heavy atom. The molecule has 5 nitrogen and oxygen atoms in total. The Bertz CT molecular complexity index is 732. The van der Waals surface area contributed by atoms with Gasteiger partial charge >= 0.3 is 5.97 Å². The summed E-state index contributed by atoms with van der Waals surface area (Å²) in [6, 6.07) is 1.67. The van der Waals surface area contributed by atoms with Crippen LogP contribution in [0.2, 0.25) is 0 Å². The summed E-state index contributed by atoms with van der Waals surface area (Å²) >= 11 is 0. The molecule has 2 saturated carbocycles. The lowest BCUT2D eigenvalue weighted by Gasteiger charge is -2.55. The number of carbonyl (C=O) groups is 2. The molecule has 0 radical (unpaired) electrons. The number of fused-ring (bicyclic) bond motifs is 1. The molecular weight excluding hydrogens is 332 g/mol. The summed E-state index contributed by atoms with van der Waals surface area (Å²) in [7, 11) is 0. The van der Waals surface area contributed by atoms with E-state index in [-0.39, 0.29) is 23.0 Å². The molecule has 1 N–H and O–H groups in total. The Labute approximate surface area is 153 Å². The lowest BCUT2D eigenvalue weighted by Crippen LogP contribution is -2.53. The molecular formula is C21H26O5. The molecule has 3 rings (SSSR count). The van der Waals surface area contributed by atoms with Crippen LogP contribution in [0.1, 0.15) is 49.9 Å². The lowest BCUT2D eigenvalue weighted by molar-refractivity contribution is -0.156. The number of esters is 1. The summed E-state index contributed by atoms with van der Waals surface area (Å²) in [4.78, 5) is 24.0. The Hall–Kier alpha value is -2.14. The number of aliphatic hydroxyl groups is 1. The van der Waals surface area contributed by atoms with E-state index < -0.39 is 18.2 Å². The minimum Gasteiger partial charge on any atom is -0.472 e. The third-order valence-corrected chi connectivity index (χ3v) is 6.18. The maximum absolute atomic E-state index is 12.7. The van der Waals surface area contributed by atoms with Crippen LogP contribution in [-0.2, 0) is 9.53 Å². The minimum atomic E-state index is -0.829. The molecule has 0 aliphatic heterocycles. The van der Waals surface area contributed by atoms with Gasteiger partial charge in [0.25, 0.3) is 0 Å². The number of rotatable bonds is 4. The Balaban J connectivity index is 1.87. The molecule has 140 valence electrons. The summed E-state index contributed by atoms with van der Waals surface area (Å²) in [5, 5.41) is 10.6. The van der Waals surface area contributed by atoms with Crippen molar-refractivity contribution in [2.24, 2.45) is 17.3 Å². The van der Waals surface area contributed by atoms with E-state index in [0.29, 0.717) is 18.4 Å². The molecule has 0 aromatic carbocycles. The summed E-state index contributed by atoms with van der Waals surface area (Å²) < 4.78 is 10.3. The van der Waals surface area contributed by atoms with Crippen molar-refractivity contribution >= 4 is 11.8 Å². The highest BCUT2D eigenvalue weighted by Gasteiger charge is 2.54. The number of furan rings is 1. The number of hydrogen-bond acceptors (Lipinski definition) is 5. The molecule has 26 heavy (non-hydrogen) atoms. The van der Waals surface area contributed by atoms with Crippen molar-refractivity contribution in [2.75, 3.05) is 0 Å². The molecule has 5 atom stereocenters. The molecule has 5 heteroatoms. The van der Waals surface area contributed by atoms with Crippen molar-refractivity contribution in [3.8, 4) is 0 Å². The molecule has 0 bridgehead atoms. The molecule has 2 aliphatic rings. The minimum absolute atomic E-state index is 0.00832. The summed E-state index contributed by atoms with van der Waals surface area (Å²) in [6.45, 7) is 11.8. The van der Waals surface area contributed by atoms with E-state index in [1.165, 1.54) is 19.5 Å². The van der Waals surface area contributed by atoms with Crippen molar-refractivity contribution in [1.29, 1.82) is 0 Å². The number of ketones is 1. The fraction of sp³-hybridized carbons (Fsp3) is 0.524. The van der Waals surface area contributed by atoms with Gasteiger partial charge in [0.15, 0.2) is 5.78 Å². The maximum Gasteiger partial charge on any atom is 0.303 e. The number of ether oxygens (including phenoxy) is 1. The lowest BCUT2D eigenvalue weighted by atomic mass is 9.51. The average molecular weight is 358 g/mol. The summed E-state index contributed by atoms with van der Waals surface area (Å²) in [5.74, 6) is -0.407. The van der Waals surface area contributed by atoms with Gasteiger partial charge < -0.3 is 14.3 Å². The number of Topliss-reactive ketones (excluding diaryl/α,β-unsaturated/α-hetero) is 1. The van der Waals surface area contributed by atoms with E-state index in [1.807, 2.05) is 0 Å². The molecule has 1 heterocycles. The first-order chi connectivity index (χ1) is 12.2. The molecule has 0 saturated heterocycles. The quantitative estimate of drug-likeness (QED) is 0.505. The molecule has 0 amide bonds. The number of aliphatic hydroxyl groups excluding tert-OH is 1. The van der Waals surface area contributed by atoms with Crippen LogP contribution in [0.4, 0.5) is 0 Å². The van der Waals surface area contributed by atoms with E-state index >= 15 is 0 Å². The highest BCUT2D eigenvalue weighted by atomic mass is 16.6. The van der Waals surface area contributed by atoms with Gasteiger partial charge in [-0.1, -0.05) is 25.7 Å². The smallest absolute Gasteiger partial charge is 0.303 e. The van der Waals surface area contributed by atoms with Gasteiger partial charge in [0.1, 0.15) is 12.4 Å². The normalized spacial score (nSPS) is 34.3. The van der Waals surface area contributed by atoms with Gasteiger partial charge in [0.05, 0.1) is 17.9 Å². The van der Waals surface area contributed by atoms with Gasteiger partial charge in [-0.2, -0.15) is 0 Å². The second kappa shape index (κ2) is 6.88. The number of allylic oxidation sites excluding steroid dienone is 1. The summed E-state index contributed by atoms with van der Waals surface area (Å²) in [6.07, 6.45) is 3.84. The molecule has 0 spiro atoms. The Kier molecular flexibility index (Phi) is 4.93. The fourth-order valence-electron chi connectivity index (χ4n) is 4.88. The van der Waals surface area contributed by atoms with Crippen LogP contribution in [0.15, 0.2) is 47.3 Å². The number of carbonyl (C=O) groups excluding carboxylic acids is 2. The van der Waals surface area contributed by atoms with Gasteiger partial charge in [-0.15, -0.1) is 0 Å². The Morgan fingerprint density at radius 2 is 2.15 bits per heavy atom. The van der Waals surface area contributed by atoms with E-state index in [2.05, 4.69) is 20.1 Å². The second-order valence-corrected chi connectivity index (χ2v) is 7.82. The van der Waals surface area contributed by atoms with Crippen molar-refractivity contribution in [1.82, 2.24) is 0 Å². The first-order valence-electron chi connectivity index (χ1n) is 9.01. The maximum atomic E-state index is 12.7. The summed E-state index contributed by atoms with van der Waals surface area (Å²) in [5.41, 5.74) is 1.99. The zero-order chi connectivity index (χ0) is 19.1. The van der Waals surface area contributed by atoms with E-state index in [1.54, 1.807) is 6.07 Å². The van der Waals surface area contributed by atoms with Gasteiger partial charge in [-0.3, -0.25) is 9.59 Å². The third-order valence-electron chi connectivity index (χ3n) is 6.18. The Morgan fingerprint density at radius 1 is 1.42 bits per heavy atom. The van der Waals surface area contributed by atoms with Crippen molar-refractivity contribution in [3.63, 3.8) is 0 Å². The molecule has 5 unspecified atom stereocenters. The molecule has 2 fully saturated rings. The first-order valence-corrected chi connectivity index (χ1v) is 9.01. The topological polar surface area (TPSA) is 76.7 Å². The molecule has 1 aromatic rings. The van der Waals surface area contributed by atoms with E-state index in [9.17, 15) is 14.7 Å². The van der Waals surface area contributed by atoms with Gasteiger partial charge in [-0.05, 0) is 48.2 Å². The zero-order valence-electron chi connectivity index (χ0n) is 15.4. The van der Waals surface area contributed by atoms with Crippen LogP contribution >= 0.6 is 0 Å².